The van der Waals surface area contributed by atoms with Gasteiger partial charge in [-0.05, 0) is 18.4 Å². The number of benzene rings is 1. The minimum atomic E-state index is -1.75. The molecule has 1 aromatic rings. The molecular formula is C23H30N4O11. The minimum absolute atomic E-state index is 0.118. The van der Waals surface area contributed by atoms with Crippen LogP contribution in [-0.2, 0) is 40.0 Å². The van der Waals surface area contributed by atoms with Gasteiger partial charge >= 0.3 is 23.9 Å². The van der Waals surface area contributed by atoms with E-state index in [9.17, 15) is 38.7 Å². The van der Waals surface area contributed by atoms with Crippen molar-refractivity contribution in [2.45, 2.75) is 62.7 Å². The maximum absolute atomic E-state index is 12.9. The Bertz CT molecular complexity index is 1030. The van der Waals surface area contributed by atoms with Crippen molar-refractivity contribution in [1.82, 2.24) is 16.0 Å². The van der Waals surface area contributed by atoms with Crippen molar-refractivity contribution in [3.63, 3.8) is 0 Å². The molecule has 0 heterocycles. The first-order valence-corrected chi connectivity index (χ1v) is 11.4. The van der Waals surface area contributed by atoms with E-state index < -0.39 is 91.4 Å². The zero-order chi connectivity index (χ0) is 28.8. The van der Waals surface area contributed by atoms with Crippen molar-refractivity contribution in [1.29, 1.82) is 0 Å². The van der Waals surface area contributed by atoms with E-state index in [4.69, 9.17) is 21.1 Å². The van der Waals surface area contributed by atoms with Crippen molar-refractivity contribution in [2.75, 3.05) is 0 Å². The van der Waals surface area contributed by atoms with Gasteiger partial charge in [-0.25, -0.2) is 4.79 Å². The summed E-state index contributed by atoms with van der Waals surface area (Å²) in [5.41, 5.74) is 6.16. The normalized spacial score (nSPS) is 13.7. The van der Waals surface area contributed by atoms with Crippen LogP contribution in [0.3, 0.4) is 0 Å². The molecule has 0 saturated heterocycles. The predicted molar refractivity (Wildman–Crippen MR) is 128 cm³/mol. The van der Waals surface area contributed by atoms with Crippen molar-refractivity contribution in [2.24, 2.45) is 5.73 Å². The molecule has 0 aliphatic heterocycles. The topological polar surface area (TPSA) is 263 Å². The summed E-state index contributed by atoms with van der Waals surface area (Å²) in [6.07, 6.45) is -2.91. The third kappa shape index (κ3) is 11.9. The third-order valence-electron chi connectivity index (χ3n) is 5.19. The van der Waals surface area contributed by atoms with Crippen LogP contribution in [0.5, 0.6) is 0 Å². The smallest absolute Gasteiger partial charge is 0.326 e. The van der Waals surface area contributed by atoms with Gasteiger partial charge in [0, 0.05) is 19.3 Å². The number of nitrogens with two attached hydrogens (primary N) is 1. The number of hydrogen-bond donors (Lipinski definition) is 8. The van der Waals surface area contributed by atoms with Gasteiger partial charge in [-0.2, -0.15) is 0 Å². The lowest BCUT2D eigenvalue weighted by atomic mass is 10.0. The van der Waals surface area contributed by atoms with Gasteiger partial charge in [0.25, 0.3) is 0 Å². The number of nitrogens with one attached hydrogen (secondary N) is 3. The van der Waals surface area contributed by atoms with E-state index in [1.54, 1.807) is 30.3 Å². The summed E-state index contributed by atoms with van der Waals surface area (Å²) in [5, 5.41) is 42.9. The number of carboxylic acids is 4. The quantitative estimate of drug-likeness (QED) is 0.110. The molecule has 15 heteroatoms. The molecule has 0 spiro atoms. The van der Waals surface area contributed by atoms with Crippen LogP contribution < -0.4 is 21.7 Å². The summed E-state index contributed by atoms with van der Waals surface area (Å²) in [7, 11) is 0. The molecule has 38 heavy (non-hydrogen) atoms. The maximum Gasteiger partial charge on any atom is 0.326 e. The largest absolute Gasteiger partial charge is 0.481 e. The first-order valence-electron chi connectivity index (χ1n) is 11.4. The Labute approximate surface area is 216 Å². The Kier molecular flexibility index (Phi) is 12.9. The molecule has 1 rings (SSSR count). The zero-order valence-electron chi connectivity index (χ0n) is 20.2. The second kappa shape index (κ2) is 15.6. The van der Waals surface area contributed by atoms with Gasteiger partial charge in [0.1, 0.15) is 18.1 Å². The van der Waals surface area contributed by atoms with Gasteiger partial charge in [-0.1, -0.05) is 30.3 Å². The Morgan fingerprint density at radius 1 is 0.658 bits per heavy atom. The molecule has 9 N–H and O–H groups in total. The van der Waals surface area contributed by atoms with Gasteiger partial charge in [0.15, 0.2) is 0 Å². The molecule has 3 amide bonds. The van der Waals surface area contributed by atoms with E-state index in [2.05, 4.69) is 16.0 Å². The lowest BCUT2D eigenvalue weighted by Crippen LogP contribution is -2.57. The molecule has 0 saturated carbocycles. The molecule has 0 radical (unpaired) electrons. The van der Waals surface area contributed by atoms with Crippen LogP contribution in [-0.4, -0.2) is 86.2 Å². The SMILES string of the molecule is NC(CCC(=O)O)C(=O)NC(CC(=O)O)C(=O)NC(CCC(=O)O)C(=O)NC(Cc1ccccc1)C(=O)O. The second-order valence-corrected chi connectivity index (χ2v) is 8.28. The van der Waals surface area contributed by atoms with Crippen LogP contribution in [0.25, 0.3) is 0 Å². The summed E-state index contributed by atoms with van der Waals surface area (Å²) in [6.45, 7) is 0. The van der Waals surface area contributed by atoms with Gasteiger partial charge in [0.05, 0.1) is 12.5 Å². The van der Waals surface area contributed by atoms with Crippen LogP contribution >= 0.6 is 0 Å². The second-order valence-electron chi connectivity index (χ2n) is 8.28. The monoisotopic (exact) mass is 538 g/mol. The maximum atomic E-state index is 12.9. The van der Waals surface area contributed by atoms with Gasteiger partial charge in [0.2, 0.25) is 17.7 Å². The van der Waals surface area contributed by atoms with E-state index >= 15 is 0 Å². The third-order valence-corrected chi connectivity index (χ3v) is 5.19. The Morgan fingerprint density at radius 3 is 1.68 bits per heavy atom. The Morgan fingerprint density at radius 2 is 1.16 bits per heavy atom. The van der Waals surface area contributed by atoms with Crippen LogP contribution in [0.15, 0.2) is 30.3 Å². The van der Waals surface area contributed by atoms with Gasteiger partial charge in [-0.3, -0.25) is 28.8 Å². The van der Waals surface area contributed by atoms with E-state index in [0.717, 1.165) is 0 Å². The molecule has 4 atom stereocenters. The van der Waals surface area contributed by atoms with Gasteiger partial charge in [-0.15, -0.1) is 0 Å². The Balaban J connectivity index is 3.03. The molecule has 0 bridgehead atoms. The molecule has 208 valence electrons. The number of carbonyl (C=O) groups excluding carboxylic acids is 3. The molecule has 1 aromatic carbocycles. The van der Waals surface area contributed by atoms with Crippen molar-refractivity contribution < 1.29 is 54.0 Å². The van der Waals surface area contributed by atoms with E-state index in [1.165, 1.54) is 0 Å². The van der Waals surface area contributed by atoms with Gasteiger partial charge < -0.3 is 42.1 Å². The predicted octanol–water partition coefficient (Wildman–Crippen LogP) is -1.70. The first kappa shape index (κ1) is 31.5. The lowest BCUT2D eigenvalue weighted by molar-refractivity contribution is -0.143. The molecular weight excluding hydrogens is 508 g/mol. The number of aliphatic carboxylic acids is 4. The summed E-state index contributed by atoms with van der Waals surface area (Å²) in [5.74, 6) is -8.69. The summed E-state index contributed by atoms with van der Waals surface area (Å²) < 4.78 is 0. The molecule has 0 aliphatic rings. The van der Waals surface area contributed by atoms with Crippen LogP contribution in [0, 0.1) is 0 Å². The molecule has 4 unspecified atom stereocenters. The molecule has 0 aliphatic carbocycles. The van der Waals surface area contributed by atoms with Crippen molar-refractivity contribution in [3.05, 3.63) is 35.9 Å². The van der Waals surface area contributed by atoms with E-state index in [0.29, 0.717) is 5.56 Å². The molecule has 0 fully saturated rings. The standard InChI is InChI=1S/C23H30N4O11/c24-13(6-8-17(28)29)20(34)26-15(11-19(32)33)22(36)25-14(7-9-18(30)31)21(35)27-16(23(37)38)10-12-4-2-1-3-5-12/h1-5,13-16H,6-11,24H2,(H,25,36)(H,26,34)(H,27,35)(H,28,29)(H,30,31)(H,32,33)(H,37,38). The highest BCUT2D eigenvalue weighted by Crippen LogP contribution is 2.07. The van der Waals surface area contributed by atoms with E-state index in [-0.39, 0.29) is 12.8 Å². The fourth-order valence-electron chi connectivity index (χ4n) is 3.20. The lowest BCUT2D eigenvalue weighted by Gasteiger charge is -2.24. The number of carbonyl (C=O) groups is 7. The number of rotatable bonds is 17. The number of amides is 3. The first-order chi connectivity index (χ1) is 17.8. The highest BCUT2D eigenvalue weighted by Gasteiger charge is 2.32. The molecule has 0 aromatic heterocycles. The van der Waals surface area contributed by atoms with Crippen molar-refractivity contribution >= 4 is 41.6 Å². The summed E-state index contributed by atoms with van der Waals surface area (Å²) in [6, 6.07) is 2.14. The highest BCUT2D eigenvalue weighted by molar-refractivity contribution is 5.95. The van der Waals surface area contributed by atoms with E-state index in [1.807, 2.05) is 0 Å². The fourth-order valence-corrected chi connectivity index (χ4v) is 3.20. The zero-order valence-corrected chi connectivity index (χ0v) is 20.2. The van der Waals surface area contributed by atoms with Crippen LogP contribution in [0.2, 0.25) is 0 Å². The Hall–Kier alpha value is -4.53. The summed E-state index contributed by atoms with van der Waals surface area (Å²) >= 11 is 0. The summed E-state index contributed by atoms with van der Waals surface area (Å²) in [4.78, 5) is 82.6. The average molecular weight is 539 g/mol. The van der Waals surface area contributed by atoms with Crippen LogP contribution in [0.1, 0.15) is 37.7 Å². The average Bonchev–Trinajstić information content (AvgIpc) is 2.83. The number of hydrogen-bond acceptors (Lipinski definition) is 8. The number of carboxylic acid groups (broad SMARTS) is 4. The highest BCUT2D eigenvalue weighted by atomic mass is 16.4. The minimum Gasteiger partial charge on any atom is -0.481 e. The molecule has 15 nitrogen and oxygen atoms in total. The fraction of sp³-hybridized carbons (Fsp3) is 0.435. The van der Waals surface area contributed by atoms with Crippen LogP contribution in [0.4, 0.5) is 0 Å². The van der Waals surface area contributed by atoms with Crippen molar-refractivity contribution in [3.8, 4) is 0 Å².